The van der Waals surface area contributed by atoms with Crippen LogP contribution in [0.15, 0.2) is 17.2 Å². The molecule has 0 unspecified atom stereocenters. The standard InChI is InChI=1S/C15H25N5O/c1-15(2,3)20-5-4-17-13(14(20)21)19-8-6-18(7-9-19)12-10-16-11-12/h4-5,12,16H,6-11H2,1-3H3. The number of hydrogen-bond donors (Lipinski definition) is 1. The minimum Gasteiger partial charge on any atom is -0.349 e. The molecule has 0 saturated carbocycles. The van der Waals surface area contributed by atoms with E-state index in [9.17, 15) is 4.79 Å². The van der Waals surface area contributed by atoms with Crippen LogP contribution in [0.4, 0.5) is 5.82 Å². The summed E-state index contributed by atoms with van der Waals surface area (Å²) in [7, 11) is 0. The highest BCUT2D eigenvalue weighted by Crippen LogP contribution is 2.15. The fourth-order valence-corrected chi connectivity index (χ4v) is 2.98. The zero-order chi connectivity index (χ0) is 15.0. The third kappa shape index (κ3) is 2.82. The van der Waals surface area contributed by atoms with Gasteiger partial charge in [-0.05, 0) is 20.8 Å². The largest absolute Gasteiger partial charge is 0.349 e. The Labute approximate surface area is 125 Å². The summed E-state index contributed by atoms with van der Waals surface area (Å²) in [6.45, 7) is 12.1. The van der Waals surface area contributed by atoms with Crippen LogP contribution in [0.25, 0.3) is 0 Å². The molecule has 2 aliphatic heterocycles. The summed E-state index contributed by atoms with van der Waals surface area (Å²) in [5.74, 6) is 0.596. The monoisotopic (exact) mass is 291 g/mol. The number of hydrogen-bond acceptors (Lipinski definition) is 5. The second kappa shape index (κ2) is 5.42. The van der Waals surface area contributed by atoms with Crippen LogP contribution in [0.2, 0.25) is 0 Å². The van der Waals surface area contributed by atoms with E-state index in [1.54, 1.807) is 17.0 Å². The van der Waals surface area contributed by atoms with E-state index in [1.807, 2.05) is 20.8 Å². The van der Waals surface area contributed by atoms with Crippen molar-refractivity contribution < 1.29 is 0 Å². The minimum absolute atomic E-state index is 0.0174. The summed E-state index contributed by atoms with van der Waals surface area (Å²) >= 11 is 0. The SMILES string of the molecule is CC(C)(C)n1ccnc(N2CCN(C3CNC3)CC2)c1=O. The van der Waals surface area contributed by atoms with Crippen molar-refractivity contribution in [3.05, 3.63) is 22.7 Å². The van der Waals surface area contributed by atoms with E-state index in [1.165, 1.54) is 0 Å². The third-order valence-electron chi connectivity index (χ3n) is 4.44. The number of aromatic nitrogens is 2. The van der Waals surface area contributed by atoms with Crippen LogP contribution in [0, 0.1) is 0 Å². The fraction of sp³-hybridized carbons (Fsp3) is 0.733. The Morgan fingerprint density at radius 1 is 1.19 bits per heavy atom. The van der Waals surface area contributed by atoms with Gasteiger partial charge >= 0.3 is 0 Å². The summed E-state index contributed by atoms with van der Waals surface area (Å²) in [5.41, 5.74) is -0.197. The second-order valence-electron chi connectivity index (χ2n) is 6.93. The molecule has 0 aromatic carbocycles. The van der Waals surface area contributed by atoms with Crippen LogP contribution in [0.3, 0.4) is 0 Å². The molecule has 0 bridgehead atoms. The van der Waals surface area contributed by atoms with Gasteiger partial charge in [0.2, 0.25) is 0 Å². The van der Waals surface area contributed by atoms with Gasteiger partial charge in [-0.2, -0.15) is 0 Å². The first-order valence-electron chi connectivity index (χ1n) is 7.74. The molecule has 0 spiro atoms. The van der Waals surface area contributed by atoms with Crippen molar-refractivity contribution in [2.45, 2.75) is 32.4 Å². The summed E-state index contributed by atoms with van der Waals surface area (Å²) in [6.07, 6.45) is 3.52. The Hall–Kier alpha value is -1.40. The number of piperazine rings is 1. The maximum atomic E-state index is 12.6. The predicted octanol–water partition coefficient (Wildman–Crippen LogP) is 0.0921. The molecule has 0 aliphatic carbocycles. The molecule has 2 saturated heterocycles. The minimum atomic E-state index is -0.214. The number of nitrogens with zero attached hydrogens (tertiary/aromatic N) is 4. The highest BCUT2D eigenvalue weighted by Gasteiger charge is 2.29. The molecule has 21 heavy (non-hydrogen) atoms. The van der Waals surface area contributed by atoms with E-state index in [4.69, 9.17) is 0 Å². The molecular weight excluding hydrogens is 266 g/mol. The zero-order valence-corrected chi connectivity index (χ0v) is 13.2. The number of nitrogens with one attached hydrogen (secondary N) is 1. The Kier molecular flexibility index (Phi) is 3.75. The first-order chi connectivity index (χ1) is 9.97. The molecule has 116 valence electrons. The van der Waals surface area contributed by atoms with Crippen molar-refractivity contribution in [2.24, 2.45) is 0 Å². The first-order valence-corrected chi connectivity index (χ1v) is 7.74. The molecular formula is C15H25N5O. The lowest BCUT2D eigenvalue weighted by atomic mass is 10.1. The van der Waals surface area contributed by atoms with E-state index in [0.29, 0.717) is 11.9 Å². The highest BCUT2D eigenvalue weighted by atomic mass is 16.1. The molecule has 3 heterocycles. The van der Waals surface area contributed by atoms with E-state index in [-0.39, 0.29) is 11.1 Å². The van der Waals surface area contributed by atoms with E-state index in [0.717, 1.165) is 39.3 Å². The Morgan fingerprint density at radius 2 is 1.86 bits per heavy atom. The molecule has 2 fully saturated rings. The van der Waals surface area contributed by atoms with Gasteiger partial charge in [-0.3, -0.25) is 9.69 Å². The van der Waals surface area contributed by atoms with Gasteiger partial charge in [0, 0.05) is 63.2 Å². The van der Waals surface area contributed by atoms with Crippen LogP contribution >= 0.6 is 0 Å². The third-order valence-corrected chi connectivity index (χ3v) is 4.44. The molecule has 1 aromatic heterocycles. The molecule has 1 N–H and O–H groups in total. The topological polar surface area (TPSA) is 53.4 Å². The van der Waals surface area contributed by atoms with Crippen LogP contribution < -0.4 is 15.8 Å². The van der Waals surface area contributed by atoms with Crippen LogP contribution in [-0.4, -0.2) is 59.8 Å². The lowest BCUT2D eigenvalue weighted by Gasteiger charge is -2.43. The lowest BCUT2D eigenvalue weighted by Crippen LogP contribution is -2.62. The van der Waals surface area contributed by atoms with Crippen LogP contribution in [-0.2, 0) is 5.54 Å². The predicted molar refractivity (Wildman–Crippen MR) is 83.9 cm³/mol. The molecule has 6 nitrogen and oxygen atoms in total. The highest BCUT2D eigenvalue weighted by molar-refractivity contribution is 5.36. The maximum absolute atomic E-state index is 12.6. The van der Waals surface area contributed by atoms with Crippen molar-refractivity contribution in [1.29, 1.82) is 0 Å². The summed E-state index contributed by atoms with van der Waals surface area (Å²) in [6, 6.07) is 0.683. The lowest BCUT2D eigenvalue weighted by molar-refractivity contribution is 0.137. The van der Waals surface area contributed by atoms with Gasteiger partial charge in [0.1, 0.15) is 0 Å². The van der Waals surface area contributed by atoms with Crippen LogP contribution in [0.5, 0.6) is 0 Å². The maximum Gasteiger partial charge on any atom is 0.293 e. The molecule has 2 aliphatic rings. The molecule has 1 aromatic rings. The van der Waals surface area contributed by atoms with Gasteiger partial charge in [-0.15, -0.1) is 0 Å². The smallest absolute Gasteiger partial charge is 0.293 e. The molecule has 0 amide bonds. The second-order valence-corrected chi connectivity index (χ2v) is 6.93. The van der Waals surface area contributed by atoms with E-state index >= 15 is 0 Å². The quantitative estimate of drug-likeness (QED) is 0.837. The van der Waals surface area contributed by atoms with Gasteiger partial charge in [-0.1, -0.05) is 0 Å². The van der Waals surface area contributed by atoms with Crippen molar-refractivity contribution in [1.82, 2.24) is 19.8 Å². The van der Waals surface area contributed by atoms with E-state index < -0.39 is 0 Å². The van der Waals surface area contributed by atoms with Crippen LogP contribution in [0.1, 0.15) is 20.8 Å². The van der Waals surface area contributed by atoms with Gasteiger partial charge in [0.05, 0.1) is 0 Å². The van der Waals surface area contributed by atoms with Gasteiger partial charge < -0.3 is 14.8 Å². The van der Waals surface area contributed by atoms with Gasteiger partial charge in [0.15, 0.2) is 5.82 Å². The number of rotatable bonds is 2. The fourth-order valence-electron chi connectivity index (χ4n) is 2.98. The van der Waals surface area contributed by atoms with Crippen molar-refractivity contribution in [3.63, 3.8) is 0 Å². The molecule has 0 radical (unpaired) electrons. The average Bonchev–Trinajstić information content (AvgIpc) is 2.37. The normalized spacial score (nSPS) is 21.4. The Morgan fingerprint density at radius 3 is 2.38 bits per heavy atom. The average molecular weight is 291 g/mol. The molecule has 6 heteroatoms. The Bertz CT molecular complexity index is 550. The van der Waals surface area contributed by atoms with Gasteiger partial charge in [-0.25, -0.2) is 4.98 Å². The van der Waals surface area contributed by atoms with Crippen molar-refractivity contribution in [3.8, 4) is 0 Å². The van der Waals surface area contributed by atoms with Crippen molar-refractivity contribution >= 4 is 5.82 Å². The molecule has 3 rings (SSSR count). The van der Waals surface area contributed by atoms with Gasteiger partial charge in [0.25, 0.3) is 5.56 Å². The zero-order valence-electron chi connectivity index (χ0n) is 13.2. The molecule has 0 atom stereocenters. The summed E-state index contributed by atoms with van der Waals surface area (Å²) < 4.78 is 1.78. The first kappa shape index (κ1) is 14.5. The Balaban J connectivity index is 1.75. The van der Waals surface area contributed by atoms with Crippen molar-refractivity contribution in [2.75, 3.05) is 44.2 Å². The summed E-state index contributed by atoms with van der Waals surface area (Å²) in [5, 5.41) is 3.31. The number of anilines is 1. The van der Waals surface area contributed by atoms with E-state index in [2.05, 4.69) is 20.1 Å². The summed E-state index contributed by atoms with van der Waals surface area (Å²) in [4.78, 5) is 21.6.